The zero-order chi connectivity index (χ0) is 21.2. The van der Waals surface area contributed by atoms with Crippen molar-refractivity contribution in [1.82, 2.24) is 14.8 Å². The molecule has 0 atom stereocenters. The van der Waals surface area contributed by atoms with Crippen LogP contribution >= 0.6 is 0 Å². The second-order valence-corrected chi connectivity index (χ2v) is 8.22. The number of halogens is 3. The van der Waals surface area contributed by atoms with Gasteiger partial charge in [-0.2, -0.15) is 13.2 Å². The second kappa shape index (κ2) is 8.47. The third kappa shape index (κ3) is 4.14. The van der Waals surface area contributed by atoms with Crippen LogP contribution in [0.4, 0.5) is 13.2 Å². The molecule has 0 amide bonds. The average molecular weight is 417 g/mol. The second-order valence-electron chi connectivity index (χ2n) is 8.22. The highest BCUT2D eigenvalue weighted by atomic mass is 19.4. The van der Waals surface area contributed by atoms with Gasteiger partial charge in [-0.05, 0) is 48.4 Å². The van der Waals surface area contributed by atoms with Crippen LogP contribution in [0.25, 0.3) is 0 Å². The molecule has 0 unspecified atom stereocenters. The monoisotopic (exact) mass is 417 g/mol. The maximum absolute atomic E-state index is 12.9. The number of hydrogen-bond acceptors (Lipinski definition) is 4. The van der Waals surface area contributed by atoms with Gasteiger partial charge in [-0.25, -0.2) is 0 Å². The van der Waals surface area contributed by atoms with Crippen molar-refractivity contribution in [2.24, 2.45) is 0 Å². The number of aromatic nitrogens is 1. The Morgan fingerprint density at radius 1 is 1.10 bits per heavy atom. The molecule has 0 radical (unpaired) electrons. The van der Waals surface area contributed by atoms with Gasteiger partial charge in [-0.1, -0.05) is 24.3 Å². The molecule has 2 aliphatic rings. The third-order valence-corrected chi connectivity index (χ3v) is 6.59. The number of benzene rings is 1. The maximum Gasteiger partial charge on any atom is 0.417 e. The average Bonchev–Trinajstić information content (AvgIpc) is 2.75. The van der Waals surface area contributed by atoms with Gasteiger partial charge in [0.15, 0.2) is 0 Å². The molecule has 1 fully saturated rings. The molecule has 1 spiro atoms. The summed E-state index contributed by atoms with van der Waals surface area (Å²) in [5.41, 5.74) is 2.49. The van der Waals surface area contributed by atoms with E-state index in [4.69, 9.17) is 0 Å². The molecule has 2 aromatic rings. The van der Waals surface area contributed by atoms with Gasteiger partial charge in [0, 0.05) is 44.1 Å². The van der Waals surface area contributed by atoms with Crippen LogP contribution in [0.15, 0.2) is 42.7 Å². The summed E-state index contributed by atoms with van der Waals surface area (Å²) in [6, 6.07) is 9.71. The van der Waals surface area contributed by atoms with Crippen molar-refractivity contribution < 1.29 is 18.0 Å². The van der Waals surface area contributed by atoms with Crippen LogP contribution in [0.3, 0.4) is 0 Å². The lowest BCUT2D eigenvalue weighted by molar-refractivity contribution is -0.137. The summed E-state index contributed by atoms with van der Waals surface area (Å²) in [6.45, 7) is 3.73. The normalized spacial score (nSPS) is 19.6. The first kappa shape index (κ1) is 21.0. The summed E-state index contributed by atoms with van der Waals surface area (Å²) in [6.07, 6.45) is 2.34. The van der Waals surface area contributed by atoms with Crippen LogP contribution in [0.1, 0.15) is 35.1 Å². The van der Waals surface area contributed by atoms with Gasteiger partial charge in [-0.15, -0.1) is 0 Å². The molecule has 1 aromatic carbocycles. The Morgan fingerprint density at radius 2 is 1.87 bits per heavy atom. The third-order valence-electron chi connectivity index (χ3n) is 6.59. The van der Waals surface area contributed by atoms with Crippen LogP contribution in [0.5, 0.6) is 0 Å². The highest BCUT2D eigenvalue weighted by Gasteiger charge is 2.44. The molecular formula is C23H26F3N3O. The van der Waals surface area contributed by atoms with Crippen LogP contribution in [0, 0.1) is 0 Å². The van der Waals surface area contributed by atoms with Crippen molar-refractivity contribution in [1.29, 1.82) is 0 Å². The highest BCUT2D eigenvalue weighted by Crippen LogP contribution is 2.43. The van der Waals surface area contributed by atoms with Gasteiger partial charge < -0.3 is 9.69 Å². The zero-order valence-corrected chi connectivity index (χ0v) is 16.9. The predicted molar refractivity (Wildman–Crippen MR) is 108 cm³/mol. The van der Waals surface area contributed by atoms with E-state index >= 15 is 0 Å². The minimum Gasteiger partial charge on any atom is -0.303 e. The summed E-state index contributed by atoms with van der Waals surface area (Å²) in [5.74, 6) is 0. The Balaban J connectivity index is 1.44. The van der Waals surface area contributed by atoms with Gasteiger partial charge in [0.05, 0.1) is 12.1 Å². The van der Waals surface area contributed by atoms with E-state index in [1.165, 1.54) is 23.4 Å². The molecule has 1 aromatic heterocycles. The smallest absolute Gasteiger partial charge is 0.303 e. The van der Waals surface area contributed by atoms with Crippen molar-refractivity contribution in [3.63, 3.8) is 0 Å². The van der Waals surface area contributed by atoms with Crippen LogP contribution in [-0.2, 0) is 29.4 Å². The first-order valence-electron chi connectivity index (χ1n) is 10.4. The molecular weight excluding hydrogens is 391 g/mol. The lowest BCUT2D eigenvalue weighted by Gasteiger charge is -2.52. The first-order valence-corrected chi connectivity index (χ1v) is 10.4. The van der Waals surface area contributed by atoms with E-state index in [2.05, 4.69) is 39.0 Å². The summed E-state index contributed by atoms with van der Waals surface area (Å²) in [5, 5.41) is 0. The molecule has 0 aliphatic carbocycles. The molecule has 1 saturated heterocycles. The van der Waals surface area contributed by atoms with Crippen LogP contribution in [0.2, 0.25) is 0 Å². The van der Waals surface area contributed by atoms with Crippen molar-refractivity contribution in [3.8, 4) is 0 Å². The number of alkyl halides is 3. The summed E-state index contributed by atoms with van der Waals surface area (Å²) in [7, 11) is 0. The lowest BCUT2D eigenvalue weighted by atomic mass is 9.74. The SMILES string of the molecule is O=CCN1CCc2ccccc2C12CCN(CCc1cncc(C(F)(F)F)c1)CC2. The molecule has 4 nitrogen and oxygen atoms in total. The largest absolute Gasteiger partial charge is 0.417 e. The van der Waals surface area contributed by atoms with Crippen molar-refractivity contribution in [3.05, 3.63) is 65.0 Å². The van der Waals surface area contributed by atoms with E-state index < -0.39 is 11.7 Å². The topological polar surface area (TPSA) is 36.4 Å². The van der Waals surface area contributed by atoms with E-state index in [9.17, 15) is 18.0 Å². The Morgan fingerprint density at radius 3 is 2.60 bits per heavy atom. The number of rotatable bonds is 5. The Hall–Kier alpha value is -2.25. The fourth-order valence-corrected chi connectivity index (χ4v) is 4.99. The number of carbonyl (C=O) groups is 1. The number of aldehydes is 1. The fourth-order valence-electron chi connectivity index (χ4n) is 4.99. The number of carbonyl (C=O) groups excluding carboxylic acids is 1. The number of fused-ring (bicyclic) bond motifs is 2. The zero-order valence-electron chi connectivity index (χ0n) is 16.9. The summed E-state index contributed by atoms with van der Waals surface area (Å²) < 4.78 is 38.7. The van der Waals surface area contributed by atoms with Crippen LogP contribution < -0.4 is 0 Å². The number of nitrogens with zero attached hydrogens (tertiary/aromatic N) is 3. The number of piperidine rings is 1. The molecule has 3 heterocycles. The molecule has 160 valence electrons. The molecule has 7 heteroatoms. The van der Waals surface area contributed by atoms with Gasteiger partial charge >= 0.3 is 6.18 Å². The molecule has 4 rings (SSSR count). The lowest BCUT2D eigenvalue weighted by Crippen LogP contribution is -2.56. The van der Waals surface area contributed by atoms with E-state index in [1.807, 2.05) is 0 Å². The number of hydrogen-bond donors (Lipinski definition) is 0. The quantitative estimate of drug-likeness (QED) is 0.696. The van der Waals surface area contributed by atoms with Gasteiger partial charge in [-0.3, -0.25) is 9.88 Å². The molecule has 0 saturated carbocycles. The standard InChI is InChI=1S/C23H26F3N3O/c24-23(25,26)20-15-18(16-27-17-20)5-9-28-11-7-22(8-12-28)21-4-2-1-3-19(21)6-10-29(22)13-14-30/h1-4,14-17H,5-13H2. The number of pyridine rings is 1. The summed E-state index contributed by atoms with van der Waals surface area (Å²) in [4.78, 5) is 19.7. The molecule has 30 heavy (non-hydrogen) atoms. The van der Waals surface area contributed by atoms with Crippen molar-refractivity contribution in [2.75, 3.05) is 32.7 Å². The Bertz CT molecular complexity index is 891. The van der Waals surface area contributed by atoms with Crippen molar-refractivity contribution in [2.45, 2.75) is 37.4 Å². The number of likely N-dealkylation sites (tertiary alicyclic amines) is 1. The van der Waals surface area contributed by atoms with E-state index in [0.717, 1.165) is 51.4 Å². The fraction of sp³-hybridized carbons (Fsp3) is 0.478. The van der Waals surface area contributed by atoms with E-state index in [1.54, 1.807) is 0 Å². The highest BCUT2D eigenvalue weighted by molar-refractivity contribution is 5.53. The first-order chi connectivity index (χ1) is 14.4. The maximum atomic E-state index is 12.9. The van der Waals surface area contributed by atoms with Gasteiger partial charge in [0.25, 0.3) is 0 Å². The van der Waals surface area contributed by atoms with Crippen LogP contribution in [-0.4, -0.2) is 53.8 Å². The Labute approximate surface area is 174 Å². The van der Waals surface area contributed by atoms with E-state index in [0.29, 0.717) is 25.1 Å². The minimum absolute atomic E-state index is 0.121. The Kier molecular flexibility index (Phi) is 5.93. The van der Waals surface area contributed by atoms with Gasteiger partial charge in [0.2, 0.25) is 0 Å². The molecule has 2 aliphatic heterocycles. The van der Waals surface area contributed by atoms with Crippen molar-refractivity contribution >= 4 is 6.29 Å². The summed E-state index contributed by atoms with van der Waals surface area (Å²) >= 11 is 0. The van der Waals surface area contributed by atoms with E-state index in [-0.39, 0.29) is 5.54 Å². The molecule has 0 N–H and O–H groups in total. The minimum atomic E-state index is -4.36. The molecule has 0 bridgehead atoms. The predicted octanol–water partition coefficient (Wildman–Crippen LogP) is 3.69. The van der Waals surface area contributed by atoms with Gasteiger partial charge in [0.1, 0.15) is 6.29 Å².